The SMILES string of the molecule is CC(C)c1ccc2c(C3CC3)cccc2c1. The second kappa shape index (κ2) is 3.62. The molecular formula is C16H18. The third-order valence-corrected chi connectivity index (χ3v) is 3.62. The van der Waals surface area contributed by atoms with Gasteiger partial charge in [-0.05, 0) is 46.6 Å². The van der Waals surface area contributed by atoms with Gasteiger partial charge in [0, 0.05) is 0 Å². The molecule has 0 aliphatic heterocycles. The molecule has 0 aromatic heterocycles. The molecule has 3 rings (SSSR count). The fourth-order valence-corrected chi connectivity index (χ4v) is 2.44. The maximum absolute atomic E-state index is 2.35. The van der Waals surface area contributed by atoms with Gasteiger partial charge in [0.25, 0.3) is 0 Å². The number of benzene rings is 2. The largest absolute Gasteiger partial charge is 0.0613 e. The van der Waals surface area contributed by atoms with Crippen molar-refractivity contribution in [3.8, 4) is 0 Å². The Hall–Kier alpha value is -1.30. The average Bonchev–Trinajstić information content (AvgIpc) is 3.11. The molecule has 0 bridgehead atoms. The summed E-state index contributed by atoms with van der Waals surface area (Å²) in [5.74, 6) is 1.46. The van der Waals surface area contributed by atoms with Crippen molar-refractivity contribution in [1.82, 2.24) is 0 Å². The normalized spacial score (nSPS) is 15.9. The Morgan fingerprint density at radius 3 is 2.56 bits per heavy atom. The summed E-state index contributed by atoms with van der Waals surface area (Å²) in [5.41, 5.74) is 3.01. The van der Waals surface area contributed by atoms with Gasteiger partial charge in [-0.2, -0.15) is 0 Å². The molecule has 1 saturated carbocycles. The van der Waals surface area contributed by atoms with Gasteiger partial charge in [-0.15, -0.1) is 0 Å². The first-order valence-electron chi connectivity index (χ1n) is 6.28. The van der Waals surface area contributed by atoms with E-state index in [0.29, 0.717) is 5.92 Å². The Balaban J connectivity index is 2.18. The summed E-state index contributed by atoms with van der Waals surface area (Å²) in [6.45, 7) is 4.51. The van der Waals surface area contributed by atoms with Gasteiger partial charge in [0.2, 0.25) is 0 Å². The van der Waals surface area contributed by atoms with Crippen LogP contribution in [0, 0.1) is 0 Å². The molecule has 2 aromatic carbocycles. The Labute approximate surface area is 97.3 Å². The van der Waals surface area contributed by atoms with Gasteiger partial charge in [0.05, 0.1) is 0 Å². The van der Waals surface area contributed by atoms with E-state index >= 15 is 0 Å². The van der Waals surface area contributed by atoms with E-state index in [4.69, 9.17) is 0 Å². The van der Waals surface area contributed by atoms with Crippen LogP contribution in [0.15, 0.2) is 36.4 Å². The highest BCUT2D eigenvalue weighted by Gasteiger charge is 2.24. The van der Waals surface area contributed by atoms with Crippen molar-refractivity contribution < 1.29 is 0 Å². The van der Waals surface area contributed by atoms with Crippen LogP contribution in [0.5, 0.6) is 0 Å². The van der Waals surface area contributed by atoms with Crippen molar-refractivity contribution in [2.45, 2.75) is 38.5 Å². The molecule has 82 valence electrons. The lowest BCUT2D eigenvalue weighted by Crippen LogP contribution is -1.89. The zero-order valence-corrected chi connectivity index (χ0v) is 10.0. The third-order valence-electron chi connectivity index (χ3n) is 3.62. The molecule has 0 radical (unpaired) electrons. The van der Waals surface area contributed by atoms with E-state index in [9.17, 15) is 0 Å². The van der Waals surface area contributed by atoms with E-state index in [1.54, 1.807) is 5.56 Å². The van der Waals surface area contributed by atoms with Gasteiger partial charge in [0.1, 0.15) is 0 Å². The molecule has 0 N–H and O–H groups in total. The lowest BCUT2D eigenvalue weighted by atomic mass is 9.95. The number of hydrogen-bond donors (Lipinski definition) is 0. The molecule has 0 spiro atoms. The maximum atomic E-state index is 2.35. The van der Waals surface area contributed by atoms with Gasteiger partial charge in [0.15, 0.2) is 0 Å². The number of hydrogen-bond acceptors (Lipinski definition) is 0. The molecule has 1 fully saturated rings. The second-order valence-corrected chi connectivity index (χ2v) is 5.26. The Kier molecular flexibility index (Phi) is 2.24. The lowest BCUT2D eigenvalue weighted by Gasteiger charge is -2.09. The predicted octanol–water partition coefficient (Wildman–Crippen LogP) is 4.84. The summed E-state index contributed by atoms with van der Waals surface area (Å²) in [6, 6.07) is 13.7. The van der Waals surface area contributed by atoms with Crippen LogP contribution in [0.25, 0.3) is 10.8 Å². The van der Waals surface area contributed by atoms with Crippen LogP contribution in [0.1, 0.15) is 49.7 Å². The van der Waals surface area contributed by atoms with Crippen LogP contribution in [0.4, 0.5) is 0 Å². The summed E-state index contributed by atoms with van der Waals surface area (Å²) < 4.78 is 0. The van der Waals surface area contributed by atoms with Crippen LogP contribution in [-0.2, 0) is 0 Å². The van der Waals surface area contributed by atoms with E-state index in [2.05, 4.69) is 50.2 Å². The molecule has 1 aliphatic rings. The standard InChI is InChI=1S/C16H18/c1-11(2)13-8-9-16-14(10-13)4-3-5-15(16)12-6-7-12/h3-5,8-12H,6-7H2,1-2H3. The number of fused-ring (bicyclic) bond motifs is 1. The van der Waals surface area contributed by atoms with Crippen molar-refractivity contribution in [2.24, 2.45) is 0 Å². The molecular weight excluding hydrogens is 192 g/mol. The predicted molar refractivity (Wildman–Crippen MR) is 70.0 cm³/mol. The van der Waals surface area contributed by atoms with Crippen molar-refractivity contribution in [1.29, 1.82) is 0 Å². The minimum absolute atomic E-state index is 0.619. The molecule has 0 atom stereocenters. The number of rotatable bonds is 2. The van der Waals surface area contributed by atoms with Gasteiger partial charge in [-0.25, -0.2) is 0 Å². The van der Waals surface area contributed by atoms with E-state index in [-0.39, 0.29) is 0 Å². The monoisotopic (exact) mass is 210 g/mol. The highest BCUT2D eigenvalue weighted by Crippen LogP contribution is 2.43. The molecule has 0 amide bonds. The first-order valence-corrected chi connectivity index (χ1v) is 6.28. The van der Waals surface area contributed by atoms with E-state index < -0.39 is 0 Å². The highest BCUT2D eigenvalue weighted by atomic mass is 14.3. The Morgan fingerprint density at radius 1 is 1.06 bits per heavy atom. The fourth-order valence-electron chi connectivity index (χ4n) is 2.44. The van der Waals surface area contributed by atoms with Gasteiger partial charge in [-0.3, -0.25) is 0 Å². The molecule has 0 saturated heterocycles. The molecule has 1 aliphatic carbocycles. The molecule has 0 heterocycles. The first kappa shape index (κ1) is 9.89. The van der Waals surface area contributed by atoms with E-state index in [1.807, 2.05) is 0 Å². The molecule has 0 heteroatoms. The smallest absolute Gasteiger partial charge is 0.0149 e. The minimum Gasteiger partial charge on any atom is -0.0613 e. The van der Waals surface area contributed by atoms with Crippen LogP contribution < -0.4 is 0 Å². The van der Waals surface area contributed by atoms with Crippen LogP contribution >= 0.6 is 0 Å². The highest BCUT2D eigenvalue weighted by molar-refractivity contribution is 5.87. The average molecular weight is 210 g/mol. The fraction of sp³-hybridized carbons (Fsp3) is 0.375. The minimum atomic E-state index is 0.619. The molecule has 0 nitrogen and oxygen atoms in total. The summed E-state index contributed by atoms with van der Waals surface area (Å²) in [7, 11) is 0. The van der Waals surface area contributed by atoms with E-state index in [1.165, 1.54) is 29.2 Å². The molecule has 16 heavy (non-hydrogen) atoms. The zero-order valence-electron chi connectivity index (χ0n) is 10.0. The van der Waals surface area contributed by atoms with Crippen molar-refractivity contribution in [2.75, 3.05) is 0 Å². The molecule has 0 unspecified atom stereocenters. The van der Waals surface area contributed by atoms with E-state index in [0.717, 1.165) is 5.92 Å². The summed E-state index contributed by atoms with van der Waals surface area (Å²) in [4.78, 5) is 0. The van der Waals surface area contributed by atoms with Crippen LogP contribution in [-0.4, -0.2) is 0 Å². The summed E-state index contributed by atoms with van der Waals surface area (Å²) in [6.07, 6.45) is 2.76. The van der Waals surface area contributed by atoms with Gasteiger partial charge >= 0.3 is 0 Å². The first-order chi connectivity index (χ1) is 7.75. The van der Waals surface area contributed by atoms with Crippen molar-refractivity contribution >= 4 is 10.8 Å². The summed E-state index contributed by atoms with van der Waals surface area (Å²) in [5, 5.41) is 2.88. The van der Waals surface area contributed by atoms with Crippen LogP contribution in [0.3, 0.4) is 0 Å². The zero-order chi connectivity index (χ0) is 11.1. The summed E-state index contributed by atoms with van der Waals surface area (Å²) >= 11 is 0. The topological polar surface area (TPSA) is 0 Å². The van der Waals surface area contributed by atoms with Crippen LogP contribution in [0.2, 0.25) is 0 Å². The maximum Gasteiger partial charge on any atom is -0.0149 e. The third kappa shape index (κ3) is 1.63. The lowest BCUT2D eigenvalue weighted by molar-refractivity contribution is 0.868. The van der Waals surface area contributed by atoms with Crippen molar-refractivity contribution in [3.63, 3.8) is 0 Å². The molecule has 2 aromatic rings. The Bertz CT molecular complexity index is 519. The van der Waals surface area contributed by atoms with Crippen molar-refractivity contribution in [3.05, 3.63) is 47.5 Å². The second-order valence-electron chi connectivity index (χ2n) is 5.26. The van der Waals surface area contributed by atoms with Gasteiger partial charge in [-0.1, -0.05) is 50.2 Å². The quantitative estimate of drug-likeness (QED) is 0.665. The Morgan fingerprint density at radius 2 is 1.88 bits per heavy atom. The van der Waals surface area contributed by atoms with Gasteiger partial charge < -0.3 is 0 Å².